The number of nitrogens with zero attached hydrogens (tertiary/aromatic N) is 1. The van der Waals surface area contributed by atoms with E-state index >= 15 is 0 Å². The molecule has 1 aliphatic heterocycles. The Labute approximate surface area is 108 Å². The minimum absolute atomic E-state index is 0.210. The Balaban J connectivity index is 2.27. The summed E-state index contributed by atoms with van der Waals surface area (Å²) < 4.78 is 0. The lowest BCUT2D eigenvalue weighted by Gasteiger charge is -2.06. The lowest BCUT2D eigenvalue weighted by molar-refractivity contribution is -0.122. The van der Waals surface area contributed by atoms with Crippen molar-refractivity contribution in [3.05, 3.63) is 39.8 Å². The van der Waals surface area contributed by atoms with Crippen molar-refractivity contribution in [2.75, 3.05) is 6.54 Å². The van der Waals surface area contributed by atoms with Gasteiger partial charge >= 0.3 is 0 Å². The molecule has 0 aromatic heterocycles. The van der Waals surface area contributed by atoms with Crippen LogP contribution in [0, 0.1) is 0 Å². The van der Waals surface area contributed by atoms with Crippen LogP contribution >= 0.6 is 23.4 Å². The second-order valence-corrected chi connectivity index (χ2v) is 4.91. The largest absolute Gasteiger partial charge is 0.293 e. The molecule has 0 bridgehead atoms. The smallest absolute Gasteiger partial charge is 0.269 e. The third-order valence-electron chi connectivity index (χ3n) is 2.36. The molecule has 1 aliphatic rings. The van der Waals surface area contributed by atoms with E-state index in [0.717, 1.165) is 17.3 Å². The second kappa shape index (κ2) is 4.94. The van der Waals surface area contributed by atoms with Gasteiger partial charge in [0.1, 0.15) is 0 Å². The third-order valence-corrected chi connectivity index (χ3v) is 3.52. The Morgan fingerprint density at radius 2 is 1.94 bits per heavy atom. The number of benzene rings is 1. The number of thioether (sulfide) groups is 1. The fourth-order valence-electron chi connectivity index (χ4n) is 1.48. The van der Waals surface area contributed by atoms with Crippen LogP contribution in [0.25, 0.3) is 6.08 Å². The molecule has 0 unspecified atom stereocenters. The summed E-state index contributed by atoms with van der Waals surface area (Å²) in [5, 5.41) is 0.432. The molecule has 3 nitrogen and oxygen atoms in total. The average molecular weight is 268 g/mol. The van der Waals surface area contributed by atoms with E-state index in [9.17, 15) is 9.59 Å². The maximum absolute atomic E-state index is 11.8. The van der Waals surface area contributed by atoms with Gasteiger partial charge in [0.25, 0.3) is 11.1 Å². The SMILES string of the molecule is CCN1C(=O)S/C(=C\c2ccc(Cl)cc2)C1=O. The Morgan fingerprint density at radius 1 is 1.29 bits per heavy atom. The quantitative estimate of drug-likeness (QED) is 0.771. The molecule has 1 fully saturated rings. The maximum atomic E-state index is 11.8. The summed E-state index contributed by atoms with van der Waals surface area (Å²) in [5.74, 6) is -0.225. The van der Waals surface area contributed by atoms with Crippen LogP contribution in [0.15, 0.2) is 29.2 Å². The van der Waals surface area contributed by atoms with Gasteiger partial charge in [0.2, 0.25) is 0 Å². The van der Waals surface area contributed by atoms with Gasteiger partial charge in [-0.15, -0.1) is 0 Å². The summed E-state index contributed by atoms with van der Waals surface area (Å²) in [6.07, 6.45) is 1.71. The Morgan fingerprint density at radius 3 is 2.47 bits per heavy atom. The normalized spacial score (nSPS) is 18.2. The number of likely N-dealkylation sites (N-methyl/N-ethyl adjacent to an activating group) is 1. The fourth-order valence-corrected chi connectivity index (χ4v) is 2.51. The van der Waals surface area contributed by atoms with Gasteiger partial charge in [0, 0.05) is 11.6 Å². The third kappa shape index (κ3) is 2.53. The lowest BCUT2D eigenvalue weighted by atomic mass is 10.2. The molecule has 1 heterocycles. The predicted molar refractivity (Wildman–Crippen MR) is 69.8 cm³/mol. The number of hydrogen-bond acceptors (Lipinski definition) is 3. The molecule has 2 amide bonds. The molecule has 0 radical (unpaired) electrons. The highest BCUT2D eigenvalue weighted by Crippen LogP contribution is 2.31. The van der Waals surface area contributed by atoms with Gasteiger partial charge in [-0.25, -0.2) is 0 Å². The summed E-state index contributed by atoms with van der Waals surface area (Å²) in [6.45, 7) is 2.18. The average Bonchev–Trinajstić information content (AvgIpc) is 2.57. The second-order valence-electron chi connectivity index (χ2n) is 3.48. The summed E-state index contributed by atoms with van der Waals surface area (Å²) in [7, 11) is 0. The lowest BCUT2D eigenvalue weighted by Crippen LogP contribution is -2.27. The molecule has 1 aromatic carbocycles. The molecule has 0 saturated carbocycles. The van der Waals surface area contributed by atoms with Gasteiger partial charge in [0.05, 0.1) is 4.91 Å². The van der Waals surface area contributed by atoms with Crippen LogP contribution in [-0.2, 0) is 4.79 Å². The molecule has 1 aromatic rings. The van der Waals surface area contributed by atoms with Crippen LogP contribution < -0.4 is 0 Å². The first-order valence-electron chi connectivity index (χ1n) is 5.12. The predicted octanol–water partition coefficient (Wildman–Crippen LogP) is 3.40. The van der Waals surface area contributed by atoms with Crippen LogP contribution in [0.3, 0.4) is 0 Å². The van der Waals surface area contributed by atoms with E-state index in [1.54, 1.807) is 25.1 Å². The van der Waals surface area contributed by atoms with Crippen LogP contribution in [-0.4, -0.2) is 22.6 Å². The van der Waals surface area contributed by atoms with Crippen LogP contribution in [0.5, 0.6) is 0 Å². The molecular weight excluding hydrogens is 258 g/mol. The van der Waals surface area contributed by atoms with Crippen LogP contribution in [0.4, 0.5) is 4.79 Å². The van der Waals surface area contributed by atoms with Gasteiger partial charge in [-0.3, -0.25) is 14.5 Å². The minimum atomic E-state index is -0.225. The van der Waals surface area contributed by atoms with Crippen molar-refractivity contribution in [2.24, 2.45) is 0 Å². The molecule has 0 N–H and O–H groups in total. The monoisotopic (exact) mass is 267 g/mol. The number of rotatable bonds is 2. The summed E-state index contributed by atoms with van der Waals surface area (Å²) >= 11 is 6.74. The topological polar surface area (TPSA) is 37.4 Å². The molecule has 0 aliphatic carbocycles. The summed E-state index contributed by atoms with van der Waals surface area (Å²) in [4.78, 5) is 25.0. The Hall–Kier alpha value is -1.26. The van der Waals surface area contributed by atoms with E-state index < -0.39 is 0 Å². The van der Waals surface area contributed by atoms with Crippen molar-refractivity contribution >= 4 is 40.6 Å². The highest BCUT2D eigenvalue weighted by atomic mass is 35.5. The van der Waals surface area contributed by atoms with Crippen molar-refractivity contribution in [1.29, 1.82) is 0 Å². The number of amides is 2. The highest BCUT2D eigenvalue weighted by molar-refractivity contribution is 8.18. The van der Waals surface area contributed by atoms with E-state index in [1.165, 1.54) is 4.90 Å². The number of carbonyl (C=O) groups is 2. The first-order chi connectivity index (χ1) is 8.11. The first-order valence-corrected chi connectivity index (χ1v) is 6.32. The van der Waals surface area contributed by atoms with E-state index in [1.807, 2.05) is 12.1 Å². The van der Waals surface area contributed by atoms with E-state index in [4.69, 9.17) is 11.6 Å². The zero-order valence-electron chi connectivity index (χ0n) is 9.14. The molecule has 0 spiro atoms. The van der Waals surface area contributed by atoms with E-state index in [-0.39, 0.29) is 11.1 Å². The molecule has 88 valence electrons. The zero-order chi connectivity index (χ0) is 12.4. The zero-order valence-corrected chi connectivity index (χ0v) is 10.7. The fraction of sp³-hybridized carbons (Fsp3) is 0.167. The number of hydrogen-bond donors (Lipinski definition) is 0. The molecule has 2 rings (SSSR count). The Kier molecular flexibility index (Phi) is 3.54. The van der Waals surface area contributed by atoms with Crippen LogP contribution in [0.2, 0.25) is 5.02 Å². The van der Waals surface area contributed by atoms with Crippen molar-refractivity contribution in [1.82, 2.24) is 4.90 Å². The van der Waals surface area contributed by atoms with E-state index in [2.05, 4.69) is 0 Å². The van der Waals surface area contributed by atoms with E-state index in [0.29, 0.717) is 16.5 Å². The highest BCUT2D eigenvalue weighted by Gasteiger charge is 2.33. The van der Waals surface area contributed by atoms with Gasteiger partial charge in [-0.05, 0) is 42.5 Å². The molecule has 5 heteroatoms. The van der Waals surface area contributed by atoms with Gasteiger partial charge in [-0.2, -0.15) is 0 Å². The number of carbonyl (C=O) groups excluding carboxylic acids is 2. The molecule has 0 atom stereocenters. The maximum Gasteiger partial charge on any atom is 0.293 e. The molecule has 1 saturated heterocycles. The van der Waals surface area contributed by atoms with Crippen molar-refractivity contribution in [2.45, 2.75) is 6.92 Å². The van der Waals surface area contributed by atoms with Gasteiger partial charge in [0.15, 0.2) is 0 Å². The first kappa shape index (κ1) is 12.2. The van der Waals surface area contributed by atoms with Crippen molar-refractivity contribution in [3.63, 3.8) is 0 Å². The molecule has 17 heavy (non-hydrogen) atoms. The van der Waals surface area contributed by atoms with Crippen LogP contribution in [0.1, 0.15) is 12.5 Å². The Bertz CT molecular complexity index is 496. The number of imide groups is 1. The molecular formula is C12H10ClNO2S. The van der Waals surface area contributed by atoms with Crippen molar-refractivity contribution < 1.29 is 9.59 Å². The van der Waals surface area contributed by atoms with Crippen molar-refractivity contribution in [3.8, 4) is 0 Å². The number of halogens is 1. The minimum Gasteiger partial charge on any atom is -0.269 e. The standard InChI is InChI=1S/C12H10ClNO2S/c1-2-14-11(15)10(17-12(14)16)7-8-3-5-9(13)6-4-8/h3-7H,2H2,1H3/b10-7-. The summed E-state index contributed by atoms with van der Waals surface area (Å²) in [6, 6.07) is 7.11. The van der Waals surface area contributed by atoms with Gasteiger partial charge in [-0.1, -0.05) is 23.7 Å². The van der Waals surface area contributed by atoms with Gasteiger partial charge < -0.3 is 0 Å². The summed E-state index contributed by atoms with van der Waals surface area (Å²) in [5.41, 5.74) is 0.857.